The summed E-state index contributed by atoms with van der Waals surface area (Å²) < 4.78 is 0. The molecule has 27 heavy (non-hydrogen) atoms. The molecule has 0 amide bonds. The summed E-state index contributed by atoms with van der Waals surface area (Å²) in [4.78, 5) is 14.6. The Balaban J connectivity index is 0.00000210. The molecule has 1 heterocycles. The molecule has 0 spiro atoms. The van der Waals surface area contributed by atoms with E-state index in [-0.39, 0.29) is 24.0 Å². The Kier molecular flexibility index (Phi) is 6.44. The molecule has 2 fully saturated rings. The van der Waals surface area contributed by atoms with Crippen molar-refractivity contribution < 1.29 is 0 Å². The topological polar surface area (TPSA) is 56.3 Å². The second kappa shape index (κ2) is 8.63. The van der Waals surface area contributed by atoms with Gasteiger partial charge in [0.05, 0.1) is 18.4 Å². The quantitative estimate of drug-likeness (QED) is 0.370. The molecule has 2 aromatic rings. The summed E-state index contributed by atoms with van der Waals surface area (Å²) in [6.45, 7) is 1.77. The Morgan fingerprint density at radius 1 is 1.30 bits per heavy atom. The molecule has 5 nitrogen and oxygen atoms in total. The molecule has 2 saturated carbocycles. The fourth-order valence-corrected chi connectivity index (χ4v) is 4.20. The summed E-state index contributed by atoms with van der Waals surface area (Å²) in [5.41, 5.74) is 2.76. The molecule has 146 valence electrons. The molecule has 1 aromatic heterocycles. The molecule has 6 heteroatoms. The van der Waals surface area contributed by atoms with Crippen LogP contribution in [-0.4, -0.2) is 41.5 Å². The molecule has 0 saturated heterocycles. The number of H-pyrrole nitrogens is 1. The maximum atomic E-state index is 4.54. The molecular weight excluding hydrogens is 449 g/mol. The number of aromatic nitrogens is 2. The maximum Gasteiger partial charge on any atom is 0.193 e. The lowest BCUT2D eigenvalue weighted by Crippen LogP contribution is -2.47. The standard InChI is InChI=1S/C21H29N5.HI/c1-22-20(24-15-21(11-6-12-21)17-9-10-17)26(2)14-19-23-13-18(25-19)16-7-4-3-5-8-16;/h3-5,7-8,13,17H,6,9-12,14-15H2,1-2H3,(H,22,24)(H,23,25);1H. The van der Waals surface area contributed by atoms with Gasteiger partial charge in [0, 0.05) is 20.6 Å². The van der Waals surface area contributed by atoms with Gasteiger partial charge in [-0.2, -0.15) is 0 Å². The number of halogens is 1. The zero-order valence-electron chi connectivity index (χ0n) is 16.2. The van der Waals surface area contributed by atoms with Crippen LogP contribution in [0.25, 0.3) is 11.3 Å². The van der Waals surface area contributed by atoms with Crippen LogP contribution in [0.3, 0.4) is 0 Å². The molecule has 0 aliphatic heterocycles. The number of imidazole rings is 1. The Morgan fingerprint density at radius 2 is 2.04 bits per heavy atom. The SMILES string of the molecule is CN=C(NCC1(C2CC2)CCC1)N(C)Cc1ncc(-c2ccccc2)[nH]1.I. The van der Waals surface area contributed by atoms with Crippen LogP contribution < -0.4 is 5.32 Å². The Labute approximate surface area is 179 Å². The Bertz CT molecular complexity index is 762. The van der Waals surface area contributed by atoms with Crippen molar-refractivity contribution in [2.45, 2.75) is 38.6 Å². The van der Waals surface area contributed by atoms with Gasteiger partial charge in [0.2, 0.25) is 0 Å². The van der Waals surface area contributed by atoms with Crippen LogP contribution in [0.1, 0.15) is 37.9 Å². The van der Waals surface area contributed by atoms with E-state index in [9.17, 15) is 0 Å². The van der Waals surface area contributed by atoms with E-state index in [1.54, 1.807) is 0 Å². The van der Waals surface area contributed by atoms with Gasteiger partial charge < -0.3 is 15.2 Å². The predicted molar refractivity (Wildman–Crippen MR) is 121 cm³/mol. The van der Waals surface area contributed by atoms with Gasteiger partial charge in [0.1, 0.15) is 5.82 Å². The molecule has 1 aromatic carbocycles. The first-order chi connectivity index (χ1) is 12.7. The molecule has 2 N–H and O–H groups in total. The summed E-state index contributed by atoms with van der Waals surface area (Å²) in [6.07, 6.45) is 8.90. The van der Waals surface area contributed by atoms with Crippen molar-refractivity contribution in [2.75, 3.05) is 20.6 Å². The lowest BCUT2D eigenvalue weighted by molar-refractivity contribution is 0.105. The molecule has 0 unspecified atom stereocenters. The smallest absolute Gasteiger partial charge is 0.193 e. The largest absolute Gasteiger partial charge is 0.356 e. The highest BCUT2D eigenvalue weighted by Gasteiger charge is 2.48. The number of benzene rings is 1. The second-order valence-corrected chi connectivity index (χ2v) is 7.86. The zero-order valence-corrected chi connectivity index (χ0v) is 18.6. The first-order valence-corrected chi connectivity index (χ1v) is 9.71. The van der Waals surface area contributed by atoms with Crippen molar-refractivity contribution in [1.82, 2.24) is 20.2 Å². The lowest BCUT2D eigenvalue weighted by Gasteiger charge is -2.43. The van der Waals surface area contributed by atoms with E-state index in [4.69, 9.17) is 0 Å². The van der Waals surface area contributed by atoms with Crippen LogP contribution in [0.2, 0.25) is 0 Å². The molecular formula is C21H30IN5. The fourth-order valence-electron chi connectivity index (χ4n) is 4.20. The van der Waals surface area contributed by atoms with Crippen molar-refractivity contribution >= 4 is 29.9 Å². The minimum Gasteiger partial charge on any atom is -0.356 e. The van der Waals surface area contributed by atoms with Gasteiger partial charge in [0.25, 0.3) is 0 Å². The van der Waals surface area contributed by atoms with Gasteiger partial charge in [0.15, 0.2) is 5.96 Å². The summed E-state index contributed by atoms with van der Waals surface area (Å²) in [7, 11) is 3.94. The molecule has 0 radical (unpaired) electrons. The van der Waals surface area contributed by atoms with Crippen molar-refractivity contribution in [2.24, 2.45) is 16.3 Å². The van der Waals surface area contributed by atoms with Gasteiger partial charge in [-0.15, -0.1) is 24.0 Å². The van der Waals surface area contributed by atoms with E-state index in [1.807, 2.05) is 31.4 Å². The number of guanidine groups is 1. The van der Waals surface area contributed by atoms with E-state index in [2.05, 4.69) is 44.4 Å². The third kappa shape index (κ3) is 4.47. The predicted octanol–water partition coefficient (Wildman–Crippen LogP) is 4.28. The third-order valence-corrected chi connectivity index (χ3v) is 6.06. The van der Waals surface area contributed by atoms with Crippen LogP contribution in [0.5, 0.6) is 0 Å². The maximum absolute atomic E-state index is 4.54. The summed E-state index contributed by atoms with van der Waals surface area (Å²) in [5.74, 6) is 2.86. The van der Waals surface area contributed by atoms with Crippen molar-refractivity contribution in [3.8, 4) is 11.3 Å². The van der Waals surface area contributed by atoms with Gasteiger partial charge in [-0.05, 0) is 42.6 Å². The van der Waals surface area contributed by atoms with Crippen molar-refractivity contribution in [3.05, 3.63) is 42.4 Å². The Morgan fingerprint density at radius 3 is 2.63 bits per heavy atom. The number of hydrogen-bond acceptors (Lipinski definition) is 2. The normalized spacial score (nSPS) is 18.4. The van der Waals surface area contributed by atoms with Gasteiger partial charge in [-0.3, -0.25) is 4.99 Å². The van der Waals surface area contributed by atoms with Crippen LogP contribution in [0.15, 0.2) is 41.5 Å². The van der Waals surface area contributed by atoms with Crippen LogP contribution in [0.4, 0.5) is 0 Å². The number of aliphatic imine (C=N–C) groups is 1. The number of rotatable bonds is 6. The molecule has 0 atom stereocenters. The Hall–Kier alpha value is -1.57. The fraction of sp³-hybridized carbons (Fsp3) is 0.524. The zero-order chi connectivity index (χ0) is 18.0. The van der Waals surface area contributed by atoms with E-state index in [1.165, 1.54) is 32.1 Å². The van der Waals surface area contributed by atoms with Gasteiger partial charge >= 0.3 is 0 Å². The van der Waals surface area contributed by atoms with Gasteiger partial charge in [-0.25, -0.2) is 4.98 Å². The minimum absolute atomic E-state index is 0. The van der Waals surface area contributed by atoms with E-state index >= 15 is 0 Å². The number of hydrogen-bond donors (Lipinski definition) is 2. The highest BCUT2D eigenvalue weighted by atomic mass is 127. The number of aromatic amines is 1. The molecule has 2 aliphatic carbocycles. The minimum atomic E-state index is 0. The van der Waals surface area contributed by atoms with Crippen molar-refractivity contribution in [1.29, 1.82) is 0 Å². The first-order valence-electron chi connectivity index (χ1n) is 9.71. The van der Waals surface area contributed by atoms with E-state index in [0.29, 0.717) is 12.0 Å². The molecule has 0 bridgehead atoms. The van der Waals surface area contributed by atoms with E-state index < -0.39 is 0 Å². The highest BCUT2D eigenvalue weighted by Crippen LogP contribution is 2.56. The summed E-state index contributed by atoms with van der Waals surface area (Å²) in [6, 6.07) is 10.3. The second-order valence-electron chi connectivity index (χ2n) is 7.86. The average Bonchev–Trinajstić information content (AvgIpc) is 3.37. The third-order valence-electron chi connectivity index (χ3n) is 6.06. The lowest BCUT2D eigenvalue weighted by atomic mass is 9.65. The van der Waals surface area contributed by atoms with E-state index in [0.717, 1.165) is 35.5 Å². The van der Waals surface area contributed by atoms with Gasteiger partial charge in [-0.1, -0.05) is 36.8 Å². The monoisotopic (exact) mass is 479 g/mol. The molecule has 4 rings (SSSR count). The number of nitrogens with one attached hydrogen (secondary N) is 2. The summed E-state index contributed by atoms with van der Waals surface area (Å²) >= 11 is 0. The highest BCUT2D eigenvalue weighted by molar-refractivity contribution is 14.0. The summed E-state index contributed by atoms with van der Waals surface area (Å²) in [5, 5.41) is 3.63. The van der Waals surface area contributed by atoms with Crippen LogP contribution in [0, 0.1) is 11.3 Å². The molecule has 2 aliphatic rings. The number of nitrogens with zero attached hydrogens (tertiary/aromatic N) is 3. The first kappa shape index (κ1) is 20.2. The van der Waals surface area contributed by atoms with Crippen molar-refractivity contribution in [3.63, 3.8) is 0 Å². The average molecular weight is 479 g/mol. The van der Waals surface area contributed by atoms with Crippen LogP contribution >= 0.6 is 24.0 Å². The van der Waals surface area contributed by atoms with Crippen LogP contribution in [-0.2, 0) is 6.54 Å².